The van der Waals surface area contributed by atoms with Crippen LogP contribution in [0.4, 0.5) is 4.39 Å². The molecule has 0 amide bonds. The van der Waals surface area contributed by atoms with E-state index in [1.165, 1.54) is 6.07 Å². The maximum Gasteiger partial charge on any atom is 0.303 e. The fourth-order valence-electron chi connectivity index (χ4n) is 4.78. The van der Waals surface area contributed by atoms with Crippen LogP contribution in [0.25, 0.3) is 0 Å². The van der Waals surface area contributed by atoms with Crippen LogP contribution in [0.3, 0.4) is 0 Å². The van der Waals surface area contributed by atoms with Gasteiger partial charge in [-0.3, -0.25) is 4.79 Å². The minimum absolute atomic E-state index is 0.0380. The number of methoxy groups -OCH3 is 1. The second kappa shape index (κ2) is 9.67. The number of carboxylic acid groups (broad SMARTS) is 1. The van der Waals surface area contributed by atoms with E-state index < -0.39 is 5.97 Å². The Balaban J connectivity index is 1.31. The molecule has 1 aromatic carbocycles. The average Bonchev–Trinajstić information content (AvgIpc) is 3.62. The highest BCUT2D eigenvalue weighted by molar-refractivity contribution is 5.68. The van der Waals surface area contributed by atoms with Crippen LogP contribution >= 0.6 is 0 Å². The van der Waals surface area contributed by atoms with Crippen molar-refractivity contribution in [1.29, 1.82) is 0 Å². The van der Waals surface area contributed by atoms with Gasteiger partial charge in [0.1, 0.15) is 11.6 Å². The molecule has 1 atom stereocenters. The van der Waals surface area contributed by atoms with Crippen molar-refractivity contribution in [1.82, 2.24) is 4.98 Å². The smallest absolute Gasteiger partial charge is 0.303 e. The quantitative estimate of drug-likeness (QED) is 0.568. The van der Waals surface area contributed by atoms with Gasteiger partial charge in [0.2, 0.25) is 5.88 Å². The van der Waals surface area contributed by atoms with Crippen molar-refractivity contribution in [3.05, 3.63) is 53.5 Å². The molecule has 2 aromatic rings. The van der Waals surface area contributed by atoms with E-state index in [2.05, 4.69) is 4.98 Å². The number of carbonyl (C=O) groups is 1. The molecule has 0 spiro atoms. The molecule has 1 N–H and O–H groups in total. The van der Waals surface area contributed by atoms with Crippen molar-refractivity contribution in [2.24, 2.45) is 11.8 Å². The standard InChI is InChI=1S/C25H30FNO4/c1-30-20-8-9-23(26)22(13-20)18-4-2-16(3-5-18)15-31-24-12-19(10-11-27-24)21(14-25(28)29)17-6-7-17/h8-13,16-18,21H,2-7,14-15H2,1H3,(H,28,29)/t16?,18?,21-/m1/s1. The summed E-state index contributed by atoms with van der Waals surface area (Å²) in [5.41, 5.74) is 1.75. The zero-order valence-corrected chi connectivity index (χ0v) is 17.9. The van der Waals surface area contributed by atoms with Crippen molar-refractivity contribution in [2.75, 3.05) is 13.7 Å². The third-order valence-corrected chi connectivity index (χ3v) is 6.73. The summed E-state index contributed by atoms with van der Waals surface area (Å²) in [5.74, 6) is 1.45. The second-order valence-electron chi connectivity index (χ2n) is 8.89. The number of rotatable bonds is 9. The summed E-state index contributed by atoms with van der Waals surface area (Å²) in [6.45, 7) is 0.580. The van der Waals surface area contributed by atoms with Gasteiger partial charge in [-0.25, -0.2) is 9.37 Å². The summed E-state index contributed by atoms with van der Waals surface area (Å²) in [7, 11) is 1.60. The topological polar surface area (TPSA) is 68.7 Å². The first-order chi connectivity index (χ1) is 15.0. The highest BCUT2D eigenvalue weighted by atomic mass is 19.1. The van der Waals surface area contributed by atoms with E-state index in [0.29, 0.717) is 30.1 Å². The lowest BCUT2D eigenvalue weighted by molar-refractivity contribution is -0.137. The predicted octanol–water partition coefficient (Wildman–Crippen LogP) is 5.55. The Hall–Kier alpha value is -2.63. The Morgan fingerprint density at radius 1 is 1.16 bits per heavy atom. The largest absolute Gasteiger partial charge is 0.497 e. The lowest BCUT2D eigenvalue weighted by Crippen LogP contribution is -2.20. The first kappa shape index (κ1) is 21.6. The molecular weight excluding hydrogens is 397 g/mol. The highest BCUT2D eigenvalue weighted by Gasteiger charge is 2.34. The molecule has 5 nitrogen and oxygen atoms in total. The summed E-state index contributed by atoms with van der Waals surface area (Å²) in [6.07, 6.45) is 7.85. The molecule has 31 heavy (non-hydrogen) atoms. The van der Waals surface area contributed by atoms with Crippen molar-refractivity contribution < 1.29 is 23.8 Å². The van der Waals surface area contributed by atoms with Crippen LogP contribution in [0.2, 0.25) is 0 Å². The van der Waals surface area contributed by atoms with Crippen LogP contribution in [-0.4, -0.2) is 29.8 Å². The Morgan fingerprint density at radius 3 is 2.61 bits per heavy atom. The predicted molar refractivity (Wildman–Crippen MR) is 115 cm³/mol. The molecule has 2 fully saturated rings. The minimum Gasteiger partial charge on any atom is -0.497 e. The normalized spacial score (nSPS) is 22.0. The van der Waals surface area contributed by atoms with Gasteiger partial charge in [0.05, 0.1) is 20.1 Å². The number of ether oxygens (including phenoxy) is 2. The van der Waals surface area contributed by atoms with Crippen molar-refractivity contribution in [3.63, 3.8) is 0 Å². The van der Waals surface area contributed by atoms with Crippen molar-refractivity contribution >= 4 is 5.97 Å². The number of carboxylic acids is 1. The molecule has 4 rings (SSSR count). The first-order valence-corrected chi connectivity index (χ1v) is 11.2. The molecule has 1 heterocycles. The van der Waals surface area contributed by atoms with Crippen LogP contribution in [0.15, 0.2) is 36.5 Å². The first-order valence-electron chi connectivity index (χ1n) is 11.2. The average molecular weight is 428 g/mol. The molecule has 0 radical (unpaired) electrons. The molecule has 0 bridgehead atoms. The lowest BCUT2D eigenvalue weighted by Gasteiger charge is -2.29. The molecular formula is C25H30FNO4. The molecule has 2 aliphatic rings. The molecule has 166 valence electrons. The maximum atomic E-state index is 14.3. The number of hydrogen-bond acceptors (Lipinski definition) is 4. The van der Waals surface area contributed by atoms with Crippen molar-refractivity contribution in [2.45, 2.75) is 56.8 Å². The molecule has 0 saturated heterocycles. The van der Waals surface area contributed by atoms with Crippen molar-refractivity contribution in [3.8, 4) is 11.6 Å². The molecule has 1 aromatic heterocycles. The Bertz CT molecular complexity index is 906. The van der Waals surface area contributed by atoms with Gasteiger partial charge in [0.15, 0.2) is 0 Å². The monoisotopic (exact) mass is 427 g/mol. The van der Waals surface area contributed by atoms with Gasteiger partial charge < -0.3 is 14.6 Å². The number of aromatic nitrogens is 1. The van der Waals surface area contributed by atoms with Gasteiger partial charge in [0, 0.05) is 12.3 Å². The molecule has 0 unspecified atom stereocenters. The van der Waals surface area contributed by atoms with E-state index in [-0.39, 0.29) is 24.1 Å². The summed E-state index contributed by atoms with van der Waals surface area (Å²) in [5, 5.41) is 9.24. The SMILES string of the molecule is COc1ccc(F)c(C2CCC(COc3cc([C@H](CC(=O)O)C4CC4)ccn3)CC2)c1. The number of pyridine rings is 1. The van der Waals surface area contributed by atoms with Gasteiger partial charge in [-0.2, -0.15) is 0 Å². The zero-order chi connectivity index (χ0) is 21.8. The van der Waals surface area contributed by atoms with E-state index >= 15 is 0 Å². The lowest BCUT2D eigenvalue weighted by atomic mass is 9.79. The third-order valence-electron chi connectivity index (χ3n) is 6.73. The Morgan fingerprint density at radius 2 is 1.94 bits per heavy atom. The third kappa shape index (κ3) is 5.54. The number of nitrogens with zero attached hydrogens (tertiary/aromatic N) is 1. The fourth-order valence-corrected chi connectivity index (χ4v) is 4.78. The molecule has 6 heteroatoms. The summed E-state index contributed by atoms with van der Waals surface area (Å²) in [6, 6.07) is 8.78. The Kier molecular flexibility index (Phi) is 6.73. The number of hydrogen-bond donors (Lipinski definition) is 1. The zero-order valence-electron chi connectivity index (χ0n) is 17.9. The number of aliphatic carboxylic acids is 1. The summed E-state index contributed by atoms with van der Waals surface area (Å²) >= 11 is 0. The van der Waals surface area contributed by atoms with Crippen LogP contribution < -0.4 is 9.47 Å². The van der Waals surface area contributed by atoms with Gasteiger partial charge in [-0.15, -0.1) is 0 Å². The fraction of sp³-hybridized carbons (Fsp3) is 0.520. The highest BCUT2D eigenvalue weighted by Crippen LogP contribution is 2.45. The Labute approximate surface area is 182 Å². The minimum atomic E-state index is -0.764. The van der Waals surface area contributed by atoms with Crippen LogP contribution in [0.1, 0.15) is 67.9 Å². The van der Waals surface area contributed by atoms with E-state index in [4.69, 9.17) is 9.47 Å². The summed E-state index contributed by atoms with van der Waals surface area (Å²) in [4.78, 5) is 15.6. The van der Waals surface area contributed by atoms with E-state index in [1.807, 2.05) is 18.2 Å². The maximum absolute atomic E-state index is 14.3. The molecule has 0 aliphatic heterocycles. The van der Waals surface area contributed by atoms with E-state index in [1.54, 1.807) is 19.4 Å². The van der Waals surface area contributed by atoms with Crippen LogP contribution in [-0.2, 0) is 4.79 Å². The van der Waals surface area contributed by atoms with Gasteiger partial charge in [-0.05, 0) is 97.6 Å². The van der Waals surface area contributed by atoms with E-state index in [9.17, 15) is 14.3 Å². The number of halogens is 1. The van der Waals surface area contributed by atoms with Crippen LogP contribution in [0, 0.1) is 17.7 Å². The van der Waals surface area contributed by atoms with Gasteiger partial charge in [-0.1, -0.05) is 0 Å². The van der Waals surface area contributed by atoms with Gasteiger partial charge in [0.25, 0.3) is 0 Å². The van der Waals surface area contributed by atoms with Crippen LogP contribution in [0.5, 0.6) is 11.6 Å². The molecule has 2 saturated carbocycles. The second-order valence-corrected chi connectivity index (χ2v) is 8.89. The number of benzene rings is 1. The van der Waals surface area contributed by atoms with Gasteiger partial charge >= 0.3 is 5.97 Å². The summed E-state index contributed by atoms with van der Waals surface area (Å²) < 4.78 is 25.5. The van der Waals surface area contributed by atoms with E-state index in [0.717, 1.165) is 49.7 Å². The molecule has 2 aliphatic carbocycles.